The van der Waals surface area contributed by atoms with Gasteiger partial charge in [0.1, 0.15) is 5.75 Å². The topological polar surface area (TPSA) is 76.1 Å². The standard InChI is InChI=1S/C24H31NO5/c1-4-5-15-25(18(2)20-9-7-6-8-10-20)23(26)17-30-21-13-11-19(12-14-21)16-22(29-3)24(27)28/h6-14,18,22H,4-5,15-17H2,1-3H3,(H,27,28). The summed E-state index contributed by atoms with van der Waals surface area (Å²) >= 11 is 0. The van der Waals surface area contributed by atoms with Crippen LogP contribution in [0.25, 0.3) is 0 Å². The Morgan fingerprint density at radius 3 is 2.30 bits per heavy atom. The van der Waals surface area contributed by atoms with Crippen LogP contribution in [0.4, 0.5) is 0 Å². The maximum absolute atomic E-state index is 12.9. The summed E-state index contributed by atoms with van der Waals surface area (Å²) in [6, 6.07) is 17.0. The molecule has 2 unspecified atom stereocenters. The second-order valence-electron chi connectivity index (χ2n) is 7.23. The Morgan fingerprint density at radius 1 is 1.07 bits per heavy atom. The first kappa shape index (κ1) is 23.4. The summed E-state index contributed by atoms with van der Waals surface area (Å²) in [4.78, 5) is 25.8. The fraction of sp³-hybridized carbons (Fsp3) is 0.417. The van der Waals surface area contributed by atoms with Gasteiger partial charge in [0.25, 0.3) is 5.91 Å². The van der Waals surface area contributed by atoms with E-state index in [0.717, 1.165) is 24.0 Å². The number of hydrogen-bond donors (Lipinski definition) is 1. The molecule has 0 aliphatic heterocycles. The maximum atomic E-state index is 12.9. The van der Waals surface area contributed by atoms with Crippen molar-refractivity contribution in [2.24, 2.45) is 0 Å². The number of hydrogen-bond acceptors (Lipinski definition) is 4. The molecule has 0 spiro atoms. The molecule has 162 valence electrons. The molecule has 0 heterocycles. The Kier molecular flexibility index (Phi) is 9.35. The smallest absolute Gasteiger partial charge is 0.333 e. The molecule has 6 nitrogen and oxygen atoms in total. The maximum Gasteiger partial charge on any atom is 0.333 e. The van der Waals surface area contributed by atoms with Crippen molar-refractivity contribution in [1.82, 2.24) is 4.90 Å². The summed E-state index contributed by atoms with van der Waals surface area (Å²) in [5.41, 5.74) is 1.92. The zero-order chi connectivity index (χ0) is 21.9. The zero-order valence-corrected chi connectivity index (χ0v) is 17.9. The number of carbonyl (C=O) groups is 2. The van der Waals surface area contributed by atoms with Crippen LogP contribution in [0.1, 0.15) is 43.9 Å². The molecule has 2 atom stereocenters. The van der Waals surface area contributed by atoms with Crippen molar-refractivity contribution in [3.05, 3.63) is 65.7 Å². The lowest BCUT2D eigenvalue weighted by molar-refractivity contribution is -0.148. The molecule has 0 radical (unpaired) electrons. The number of carbonyl (C=O) groups excluding carboxylic acids is 1. The molecular formula is C24H31NO5. The lowest BCUT2D eigenvalue weighted by atomic mass is 10.1. The van der Waals surface area contributed by atoms with Crippen LogP contribution in [-0.4, -0.2) is 48.2 Å². The third-order valence-corrected chi connectivity index (χ3v) is 5.09. The first-order valence-corrected chi connectivity index (χ1v) is 10.3. The van der Waals surface area contributed by atoms with E-state index in [1.165, 1.54) is 7.11 Å². The molecule has 0 aliphatic carbocycles. The van der Waals surface area contributed by atoms with Crippen molar-refractivity contribution in [1.29, 1.82) is 0 Å². The van der Waals surface area contributed by atoms with Crippen molar-refractivity contribution in [2.45, 2.75) is 45.3 Å². The zero-order valence-electron chi connectivity index (χ0n) is 17.9. The van der Waals surface area contributed by atoms with Crippen LogP contribution in [0.2, 0.25) is 0 Å². The first-order valence-electron chi connectivity index (χ1n) is 10.3. The van der Waals surface area contributed by atoms with Gasteiger partial charge < -0.3 is 19.5 Å². The highest BCUT2D eigenvalue weighted by Gasteiger charge is 2.21. The fourth-order valence-electron chi connectivity index (χ4n) is 3.21. The summed E-state index contributed by atoms with van der Waals surface area (Å²) in [6.07, 6.45) is 1.32. The molecule has 0 saturated carbocycles. The SMILES string of the molecule is CCCCN(C(=O)COc1ccc(CC(OC)C(=O)O)cc1)C(C)c1ccccc1. The highest BCUT2D eigenvalue weighted by molar-refractivity contribution is 5.78. The van der Waals surface area contributed by atoms with Gasteiger partial charge in [0.15, 0.2) is 12.7 Å². The molecule has 0 saturated heterocycles. The van der Waals surface area contributed by atoms with E-state index in [4.69, 9.17) is 14.6 Å². The van der Waals surface area contributed by atoms with Gasteiger partial charge in [-0.25, -0.2) is 4.79 Å². The minimum atomic E-state index is -0.997. The monoisotopic (exact) mass is 413 g/mol. The van der Waals surface area contributed by atoms with Crippen LogP contribution in [0.3, 0.4) is 0 Å². The van der Waals surface area contributed by atoms with E-state index < -0.39 is 12.1 Å². The van der Waals surface area contributed by atoms with E-state index in [1.807, 2.05) is 42.2 Å². The molecule has 2 aromatic carbocycles. The number of rotatable bonds is 12. The van der Waals surface area contributed by atoms with Crippen LogP contribution in [0.15, 0.2) is 54.6 Å². The number of ether oxygens (including phenoxy) is 2. The third kappa shape index (κ3) is 6.88. The number of aliphatic carboxylic acids is 1. The average molecular weight is 414 g/mol. The highest BCUT2D eigenvalue weighted by Crippen LogP contribution is 2.21. The Balaban J connectivity index is 1.98. The van der Waals surface area contributed by atoms with E-state index in [0.29, 0.717) is 12.3 Å². The largest absolute Gasteiger partial charge is 0.484 e. The predicted octanol–water partition coefficient (Wildman–Crippen LogP) is 4.10. The number of benzene rings is 2. The minimum absolute atomic E-state index is 0.0294. The summed E-state index contributed by atoms with van der Waals surface area (Å²) in [7, 11) is 1.38. The molecule has 2 aromatic rings. The summed E-state index contributed by atoms with van der Waals surface area (Å²) in [6.45, 7) is 4.77. The Labute approximate surface area is 178 Å². The summed E-state index contributed by atoms with van der Waals surface area (Å²) < 4.78 is 10.7. The normalized spacial score (nSPS) is 12.8. The molecule has 6 heteroatoms. The number of carboxylic acids is 1. The fourth-order valence-corrected chi connectivity index (χ4v) is 3.21. The highest BCUT2D eigenvalue weighted by atomic mass is 16.5. The summed E-state index contributed by atoms with van der Waals surface area (Å²) in [5, 5.41) is 9.08. The second-order valence-corrected chi connectivity index (χ2v) is 7.23. The van der Waals surface area contributed by atoms with Gasteiger partial charge in [-0.05, 0) is 36.6 Å². The van der Waals surface area contributed by atoms with Crippen LogP contribution in [0, 0.1) is 0 Å². The molecular weight excluding hydrogens is 382 g/mol. The van der Waals surface area contributed by atoms with Crippen molar-refractivity contribution in [3.8, 4) is 5.75 Å². The number of amides is 1. The van der Waals surface area contributed by atoms with E-state index in [1.54, 1.807) is 24.3 Å². The van der Waals surface area contributed by atoms with Crippen LogP contribution >= 0.6 is 0 Å². The molecule has 1 amide bonds. The third-order valence-electron chi connectivity index (χ3n) is 5.09. The Morgan fingerprint density at radius 2 is 1.73 bits per heavy atom. The molecule has 30 heavy (non-hydrogen) atoms. The number of carboxylic acid groups (broad SMARTS) is 1. The molecule has 0 aliphatic rings. The van der Waals surface area contributed by atoms with Crippen LogP contribution in [-0.2, 0) is 20.7 Å². The van der Waals surface area contributed by atoms with Gasteiger partial charge in [-0.1, -0.05) is 55.8 Å². The van der Waals surface area contributed by atoms with Crippen molar-refractivity contribution >= 4 is 11.9 Å². The molecule has 0 bridgehead atoms. The van der Waals surface area contributed by atoms with Gasteiger partial charge in [0.05, 0.1) is 6.04 Å². The number of methoxy groups -OCH3 is 1. The molecule has 0 fully saturated rings. The van der Waals surface area contributed by atoms with E-state index in [2.05, 4.69) is 6.92 Å². The van der Waals surface area contributed by atoms with Crippen LogP contribution in [0.5, 0.6) is 5.75 Å². The second kappa shape index (κ2) is 12.0. The Hall–Kier alpha value is -2.86. The average Bonchev–Trinajstić information content (AvgIpc) is 2.77. The van der Waals surface area contributed by atoms with Gasteiger partial charge in [0.2, 0.25) is 0 Å². The number of nitrogens with zero attached hydrogens (tertiary/aromatic N) is 1. The minimum Gasteiger partial charge on any atom is -0.484 e. The van der Waals surface area contributed by atoms with E-state index in [9.17, 15) is 9.59 Å². The lowest BCUT2D eigenvalue weighted by Gasteiger charge is -2.29. The summed E-state index contributed by atoms with van der Waals surface area (Å²) in [5.74, 6) is -0.489. The first-order chi connectivity index (χ1) is 14.5. The van der Waals surface area contributed by atoms with Gasteiger partial charge >= 0.3 is 5.97 Å². The predicted molar refractivity (Wildman–Crippen MR) is 116 cm³/mol. The van der Waals surface area contributed by atoms with Gasteiger partial charge in [0, 0.05) is 20.1 Å². The van der Waals surface area contributed by atoms with E-state index in [-0.39, 0.29) is 25.0 Å². The van der Waals surface area contributed by atoms with Gasteiger partial charge in [-0.15, -0.1) is 0 Å². The lowest BCUT2D eigenvalue weighted by Crippen LogP contribution is -2.37. The van der Waals surface area contributed by atoms with Crippen molar-refractivity contribution in [3.63, 3.8) is 0 Å². The quantitative estimate of drug-likeness (QED) is 0.567. The van der Waals surface area contributed by atoms with Crippen molar-refractivity contribution < 1.29 is 24.2 Å². The number of unbranched alkanes of at least 4 members (excludes halogenated alkanes) is 1. The molecule has 0 aromatic heterocycles. The molecule has 2 rings (SSSR count). The van der Waals surface area contributed by atoms with Crippen LogP contribution < -0.4 is 4.74 Å². The van der Waals surface area contributed by atoms with Gasteiger partial charge in [-0.3, -0.25) is 4.79 Å². The van der Waals surface area contributed by atoms with Crippen molar-refractivity contribution in [2.75, 3.05) is 20.3 Å². The van der Waals surface area contributed by atoms with E-state index >= 15 is 0 Å². The molecule has 1 N–H and O–H groups in total. The van der Waals surface area contributed by atoms with Gasteiger partial charge in [-0.2, -0.15) is 0 Å². The Bertz CT molecular complexity index is 791.